The van der Waals surface area contributed by atoms with Crippen molar-refractivity contribution in [1.29, 1.82) is 0 Å². The monoisotopic (exact) mass is 317 g/mol. The van der Waals surface area contributed by atoms with Gasteiger partial charge in [-0.2, -0.15) is 9.61 Å². The van der Waals surface area contributed by atoms with Crippen LogP contribution in [0.4, 0.5) is 0 Å². The molecule has 0 unspecified atom stereocenters. The van der Waals surface area contributed by atoms with Crippen molar-refractivity contribution in [3.8, 4) is 0 Å². The second kappa shape index (κ2) is 6.53. The number of nitrogens with zero attached hydrogens (tertiary/aromatic N) is 5. The quantitative estimate of drug-likeness (QED) is 0.865. The van der Waals surface area contributed by atoms with E-state index in [1.165, 1.54) is 0 Å². The highest BCUT2D eigenvalue weighted by molar-refractivity contribution is 5.37. The maximum atomic E-state index is 5.17. The SMILES string of the molecule is COCCN1CCC(c2nnc3ccc(C(C)(C)C)nn23)CC1. The van der Waals surface area contributed by atoms with Crippen LogP contribution in [0.2, 0.25) is 0 Å². The van der Waals surface area contributed by atoms with Crippen molar-refractivity contribution in [2.24, 2.45) is 0 Å². The van der Waals surface area contributed by atoms with Crippen LogP contribution >= 0.6 is 0 Å². The maximum Gasteiger partial charge on any atom is 0.177 e. The highest BCUT2D eigenvalue weighted by Crippen LogP contribution is 2.27. The first-order valence-corrected chi connectivity index (χ1v) is 8.43. The second-order valence-electron chi connectivity index (χ2n) is 7.41. The third kappa shape index (κ3) is 3.53. The van der Waals surface area contributed by atoms with Gasteiger partial charge in [-0.1, -0.05) is 20.8 Å². The number of piperidine rings is 1. The van der Waals surface area contributed by atoms with Gasteiger partial charge in [-0.3, -0.25) is 0 Å². The average molecular weight is 317 g/mol. The number of methoxy groups -OCH3 is 1. The van der Waals surface area contributed by atoms with Crippen molar-refractivity contribution < 1.29 is 4.74 Å². The largest absolute Gasteiger partial charge is 0.383 e. The van der Waals surface area contributed by atoms with E-state index in [0.717, 1.165) is 56.2 Å². The number of hydrogen-bond donors (Lipinski definition) is 0. The molecule has 1 saturated heterocycles. The van der Waals surface area contributed by atoms with E-state index in [4.69, 9.17) is 9.84 Å². The van der Waals surface area contributed by atoms with Crippen LogP contribution in [0, 0.1) is 0 Å². The molecule has 0 aliphatic carbocycles. The summed E-state index contributed by atoms with van der Waals surface area (Å²) in [7, 11) is 1.76. The summed E-state index contributed by atoms with van der Waals surface area (Å²) in [5.74, 6) is 1.45. The van der Waals surface area contributed by atoms with Gasteiger partial charge in [0.2, 0.25) is 0 Å². The molecule has 23 heavy (non-hydrogen) atoms. The van der Waals surface area contributed by atoms with Crippen LogP contribution in [0.3, 0.4) is 0 Å². The molecule has 2 aromatic rings. The second-order valence-corrected chi connectivity index (χ2v) is 7.41. The average Bonchev–Trinajstić information content (AvgIpc) is 2.95. The van der Waals surface area contributed by atoms with Gasteiger partial charge in [0, 0.05) is 25.0 Å². The van der Waals surface area contributed by atoms with Gasteiger partial charge < -0.3 is 9.64 Å². The minimum Gasteiger partial charge on any atom is -0.383 e. The van der Waals surface area contributed by atoms with Crippen LogP contribution in [0.25, 0.3) is 5.65 Å². The van der Waals surface area contributed by atoms with Crippen LogP contribution in [-0.2, 0) is 10.2 Å². The molecule has 2 aromatic heterocycles. The molecule has 0 aromatic carbocycles. The van der Waals surface area contributed by atoms with Crippen LogP contribution in [0.5, 0.6) is 0 Å². The van der Waals surface area contributed by atoms with Crippen molar-refractivity contribution in [3.05, 3.63) is 23.7 Å². The molecule has 3 heterocycles. The Morgan fingerprint density at radius 2 is 1.91 bits per heavy atom. The smallest absolute Gasteiger partial charge is 0.177 e. The number of aromatic nitrogens is 4. The molecule has 0 atom stereocenters. The molecule has 126 valence electrons. The van der Waals surface area contributed by atoms with Crippen LogP contribution in [0.1, 0.15) is 51.0 Å². The molecule has 0 radical (unpaired) electrons. The van der Waals surface area contributed by atoms with Gasteiger partial charge in [0.25, 0.3) is 0 Å². The Bertz CT molecular complexity index is 653. The molecule has 6 nitrogen and oxygen atoms in total. The van der Waals surface area contributed by atoms with Crippen molar-refractivity contribution in [2.75, 3.05) is 33.4 Å². The molecular formula is C17H27N5O. The Morgan fingerprint density at radius 1 is 1.17 bits per heavy atom. The number of likely N-dealkylation sites (tertiary alicyclic amines) is 1. The molecule has 0 spiro atoms. The highest BCUT2D eigenvalue weighted by Gasteiger charge is 2.25. The lowest BCUT2D eigenvalue weighted by atomic mass is 9.92. The zero-order valence-corrected chi connectivity index (χ0v) is 14.6. The van der Waals surface area contributed by atoms with Crippen molar-refractivity contribution in [2.45, 2.75) is 44.9 Å². The summed E-state index contributed by atoms with van der Waals surface area (Å²) < 4.78 is 7.12. The Morgan fingerprint density at radius 3 is 2.57 bits per heavy atom. The van der Waals surface area contributed by atoms with Crippen molar-refractivity contribution in [3.63, 3.8) is 0 Å². The number of fused-ring (bicyclic) bond motifs is 1. The lowest BCUT2D eigenvalue weighted by molar-refractivity contribution is 0.129. The molecule has 3 rings (SSSR count). The zero-order chi connectivity index (χ0) is 16.4. The number of rotatable bonds is 4. The fourth-order valence-corrected chi connectivity index (χ4v) is 3.10. The topological polar surface area (TPSA) is 55.5 Å². The Hall–Kier alpha value is -1.53. The van der Waals surface area contributed by atoms with Gasteiger partial charge >= 0.3 is 0 Å². The number of hydrogen-bond acceptors (Lipinski definition) is 5. The van der Waals surface area contributed by atoms with E-state index in [2.05, 4.69) is 41.9 Å². The van der Waals surface area contributed by atoms with Crippen LogP contribution < -0.4 is 0 Å². The lowest BCUT2D eigenvalue weighted by Crippen LogP contribution is -2.35. The first-order chi connectivity index (χ1) is 11.0. The minimum atomic E-state index is 0.0270. The summed E-state index contributed by atoms with van der Waals surface area (Å²) >= 11 is 0. The Balaban J connectivity index is 1.78. The standard InChI is InChI=1S/C17H27N5O/c1-17(2,3)14-5-6-15-18-19-16(22(15)20-14)13-7-9-21(10-8-13)11-12-23-4/h5-6,13H,7-12H2,1-4H3. The zero-order valence-electron chi connectivity index (χ0n) is 14.6. The van der Waals surface area contributed by atoms with Gasteiger partial charge in [-0.25, -0.2) is 0 Å². The van der Waals surface area contributed by atoms with Crippen LogP contribution in [0.15, 0.2) is 12.1 Å². The normalized spacial score (nSPS) is 17.9. The first kappa shape index (κ1) is 16.3. The van der Waals surface area contributed by atoms with E-state index >= 15 is 0 Å². The molecule has 0 bridgehead atoms. The predicted molar refractivity (Wildman–Crippen MR) is 89.8 cm³/mol. The van der Waals surface area contributed by atoms with Gasteiger partial charge in [0.05, 0.1) is 12.3 Å². The predicted octanol–water partition coefficient (Wildman–Crippen LogP) is 2.25. The van der Waals surface area contributed by atoms with E-state index < -0.39 is 0 Å². The summed E-state index contributed by atoms with van der Waals surface area (Å²) in [6.45, 7) is 10.5. The van der Waals surface area contributed by atoms with Gasteiger partial charge in [0.15, 0.2) is 11.5 Å². The van der Waals surface area contributed by atoms with Gasteiger partial charge in [-0.15, -0.1) is 10.2 Å². The first-order valence-electron chi connectivity index (χ1n) is 8.43. The van der Waals surface area contributed by atoms with E-state index in [1.54, 1.807) is 7.11 Å². The van der Waals surface area contributed by atoms with Gasteiger partial charge in [-0.05, 0) is 38.1 Å². The summed E-state index contributed by atoms with van der Waals surface area (Å²) in [6, 6.07) is 4.08. The molecule has 1 aliphatic heterocycles. The molecule has 6 heteroatoms. The Kier molecular flexibility index (Phi) is 4.64. The molecule has 0 amide bonds. The summed E-state index contributed by atoms with van der Waals surface area (Å²) in [5.41, 5.74) is 1.94. The summed E-state index contributed by atoms with van der Waals surface area (Å²) in [4.78, 5) is 2.46. The van der Waals surface area contributed by atoms with E-state index in [0.29, 0.717) is 5.92 Å². The molecule has 1 aliphatic rings. The van der Waals surface area contributed by atoms with Crippen molar-refractivity contribution >= 4 is 5.65 Å². The summed E-state index contributed by atoms with van der Waals surface area (Å²) in [5, 5.41) is 13.5. The third-order valence-corrected chi connectivity index (χ3v) is 4.62. The Labute approximate surface area is 137 Å². The minimum absolute atomic E-state index is 0.0270. The molecular weight excluding hydrogens is 290 g/mol. The van der Waals surface area contributed by atoms with E-state index in [9.17, 15) is 0 Å². The lowest BCUT2D eigenvalue weighted by Gasteiger charge is -2.30. The molecule has 1 fully saturated rings. The third-order valence-electron chi connectivity index (χ3n) is 4.62. The van der Waals surface area contributed by atoms with E-state index in [-0.39, 0.29) is 5.41 Å². The van der Waals surface area contributed by atoms with Crippen LogP contribution in [-0.4, -0.2) is 58.1 Å². The number of ether oxygens (including phenoxy) is 1. The fraction of sp³-hybridized carbons (Fsp3) is 0.706. The molecule has 0 N–H and O–H groups in total. The van der Waals surface area contributed by atoms with Crippen molar-refractivity contribution in [1.82, 2.24) is 24.7 Å². The van der Waals surface area contributed by atoms with E-state index in [1.807, 2.05) is 10.6 Å². The fourth-order valence-electron chi connectivity index (χ4n) is 3.10. The highest BCUT2D eigenvalue weighted by atomic mass is 16.5. The summed E-state index contributed by atoms with van der Waals surface area (Å²) in [6.07, 6.45) is 2.21. The maximum absolute atomic E-state index is 5.17. The molecule has 0 saturated carbocycles. The van der Waals surface area contributed by atoms with Gasteiger partial charge in [0.1, 0.15) is 0 Å².